The summed E-state index contributed by atoms with van der Waals surface area (Å²) in [7, 11) is 0. The van der Waals surface area contributed by atoms with Crippen LogP contribution >= 0.6 is 56.7 Å². The van der Waals surface area contributed by atoms with Crippen LogP contribution in [0, 0.1) is 0 Å². The third-order valence-electron chi connectivity index (χ3n) is 0.621. The van der Waals surface area contributed by atoms with Gasteiger partial charge in [-0.05, 0) is 45.0 Å². The second-order valence-corrected chi connectivity index (χ2v) is 12.4. The van der Waals surface area contributed by atoms with Crippen molar-refractivity contribution < 1.29 is 9.13 Å². The van der Waals surface area contributed by atoms with Crippen molar-refractivity contribution in [1.82, 2.24) is 0 Å². The Hall–Kier alpha value is 1.62. The van der Waals surface area contributed by atoms with Gasteiger partial charge in [-0.25, -0.2) is 0 Å². The van der Waals surface area contributed by atoms with Gasteiger partial charge in [0.1, 0.15) is 0 Å². The van der Waals surface area contributed by atoms with Gasteiger partial charge >= 0.3 is 0 Å². The Labute approximate surface area is 78.1 Å². The molecule has 0 unspecified atom stereocenters. The summed E-state index contributed by atoms with van der Waals surface area (Å²) in [6.07, 6.45) is -0.221. The van der Waals surface area contributed by atoms with Crippen LogP contribution in [-0.2, 0) is 9.13 Å². The minimum absolute atomic E-state index is 0.111. The Bertz CT molecular complexity index is 169. The summed E-state index contributed by atoms with van der Waals surface area (Å²) in [6.45, 7) is 0. The molecule has 0 saturated carbocycles. The van der Waals surface area contributed by atoms with Crippen molar-refractivity contribution in [3.05, 3.63) is 0 Å². The maximum Gasteiger partial charge on any atom is 0.253 e. The summed E-state index contributed by atoms with van der Waals surface area (Å²) in [5, 5.41) is 0. The summed E-state index contributed by atoms with van der Waals surface area (Å²) in [4.78, 5) is 0. The van der Waals surface area contributed by atoms with Crippen molar-refractivity contribution in [3.63, 3.8) is 0 Å². The van der Waals surface area contributed by atoms with Gasteiger partial charge in [0.2, 0.25) is 0 Å². The van der Waals surface area contributed by atoms with Gasteiger partial charge in [0.05, 0.1) is 0 Å². The topological polar surface area (TPSA) is 34.1 Å². The Morgan fingerprint density at radius 3 is 1.10 bits per heavy atom. The minimum Gasteiger partial charge on any atom is -0.289 e. The summed E-state index contributed by atoms with van der Waals surface area (Å²) in [5.41, 5.74) is 0. The Kier molecular flexibility index (Phi) is 4.68. The van der Waals surface area contributed by atoms with Crippen LogP contribution in [0.25, 0.3) is 0 Å². The van der Waals surface area contributed by atoms with Gasteiger partial charge in [0.25, 0.3) is 11.7 Å². The molecule has 0 spiro atoms. The van der Waals surface area contributed by atoms with Gasteiger partial charge in [0.15, 0.2) is 0 Å². The molecule has 0 amide bonds. The molecule has 10 heavy (non-hydrogen) atoms. The monoisotopic (exact) mass is 262 g/mol. The lowest BCUT2D eigenvalue weighted by Gasteiger charge is -2.01. The van der Waals surface area contributed by atoms with Crippen LogP contribution in [-0.4, -0.2) is 12.3 Å². The molecule has 0 aromatic heterocycles. The fourth-order valence-corrected chi connectivity index (χ4v) is 4.82. The molecule has 8 heteroatoms. The molecule has 0 saturated heterocycles. The average molecular weight is 264 g/mol. The molecular weight excluding hydrogens is 260 g/mol. The second-order valence-electron chi connectivity index (χ2n) is 1.59. The number of hydrogen-bond acceptors (Lipinski definition) is 2. The fourth-order valence-electron chi connectivity index (χ4n) is 0.233. The third-order valence-corrected chi connectivity index (χ3v) is 4.49. The first-order valence-electron chi connectivity index (χ1n) is 2.17. The quantitative estimate of drug-likeness (QED) is 0.711. The van der Waals surface area contributed by atoms with E-state index in [0.717, 1.165) is 0 Å². The summed E-state index contributed by atoms with van der Waals surface area (Å²) in [5.74, 6) is -6.32. The summed E-state index contributed by atoms with van der Waals surface area (Å²) >= 11 is 20.5. The van der Waals surface area contributed by atoms with Gasteiger partial charge in [-0.15, -0.1) is 0 Å². The molecule has 0 aliphatic heterocycles. The van der Waals surface area contributed by atoms with E-state index in [1.54, 1.807) is 0 Å². The predicted octanol–water partition coefficient (Wildman–Crippen LogP) is 4.33. The standard InChI is InChI=1S/C2H4Cl4O2P2/c3-9(4,7)1-2-10(5,6)8/h1-2H2. The van der Waals surface area contributed by atoms with E-state index >= 15 is 0 Å². The molecule has 0 aliphatic rings. The van der Waals surface area contributed by atoms with Gasteiger partial charge in [-0.1, -0.05) is 0 Å². The van der Waals surface area contributed by atoms with Crippen molar-refractivity contribution in [2.24, 2.45) is 0 Å². The molecule has 0 fully saturated rings. The van der Waals surface area contributed by atoms with E-state index in [9.17, 15) is 9.13 Å². The van der Waals surface area contributed by atoms with E-state index in [4.69, 9.17) is 45.0 Å². The smallest absolute Gasteiger partial charge is 0.253 e. The normalized spacial score (nSPS) is 13.6. The van der Waals surface area contributed by atoms with Crippen LogP contribution in [0.4, 0.5) is 0 Å². The number of halogens is 4. The molecule has 0 atom stereocenters. The molecule has 0 rings (SSSR count). The van der Waals surface area contributed by atoms with Crippen LogP contribution in [0.5, 0.6) is 0 Å². The number of hydrogen-bond donors (Lipinski definition) is 0. The van der Waals surface area contributed by atoms with E-state index in [-0.39, 0.29) is 12.3 Å². The van der Waals surface area contributed by atoms with E-state index in [1.807, 2.05) is 0 Å². The van der Waals surface area contributed by atoms with Crippen LogP contribution in [0.2, 0.25) is 0 Å². The molecule has 2 nitrogen and oxygen atoms in total. The first kappa shape index (κ1) is 11.6. The molecule has 0 aliphatic carbocycles. The fraction of sp³-hybridized carbons (Fsp3) is 1.00. The van der Waals surface area contributed by atoms with Crippen LogP contribution < -0.4 is 0 Å². The lowest BCUT2D eigenvalue weighted by Crippen LogP contribution is -1.83. The van der Waals surface area contributed by atoms with Gasteiger partial charge in [0, 0.05) is 12.3 Å². The molecule has 0 heterocycles. The zero-order chi connectivity index (χ0) is 8.41. The maximum atomic E-state index is 10.6. The minimum atomic E-state index is -3.16. The van der Waals surface area contributed by atoms with E-state index in [0.29, 0.717) is 0 Å². The number of rotatable bonds is 3. The van der Waals surface area contributed by atoms with Crippen molar-refractivity contribution in [2.75, 3.05) is 12.3 Å². The van der Waals surface area contributed by atoms with Crippen molar-refractivity contribution >= 4 is 56.7 Å². The van der Waals surface area contributed by atoms with Crippen molar-refractivity contribution in [1.29, 1.82) is 0 Å². The highest BCUT2D eigenvalue weighted by atomic mass is 35.9. The van der Waals surface area contributed by atoms with Crippen LogP contribution in [0.3, 0.4) is 0 Å². The van der Waals surface area contributed by atoms with Crippen LogP contribution in [0.15, 0.2) is 0 Å². The zero-order valence-corrected chi connectivity index (χ0v) is 9.45. The lowest BCUT2D eigenvalue weighted by atomic mass is 11.0. The third kappa shape index (κ3) is 9.62. The van der Waals surface area contributed by atoms with Crippen molar-refractivity contribution in [2.45, 2.75) is 0 Å². The molecule has 0 bridgehead atoms. The van der Waals surface area contributed by atoms with E-state index in [2.05, 4.69) is 0 Å². The highest BCUT2D eigenvalue weighted by Crippen LogP contribution is 2.63. The highest BCUT2D eigenvalue weighted by Gasteiger charge is 2.21. The first-order valence-corrected chi connectivity index (χ1v) is 9.58. The highest BCUT2D eigenvalue weighted by molar-refractivity contribution is 8.11. The summed E-state index contributed by atoms with van der Waals surface area (Å²) in [6, 6.07) is 0. The zero-order valence-electron chi connectivity index (χ0n) is 4.64. The van der Waals surface area contributed by atoms with Crippen LogP contribution in [0.1, 0.15) is 0 Å². The largest absolute Gasteiger partial charge is 0.289 e. The molecule has 0 aromatic rings. The lowest BCUT2D eigenvalue weighted by molar-refractivity contribution is 0.588. The molecule has 0 radical (unpaired) electrons. The molecule has 62 valence electrons. The second kappa shape index (κ2) is 4.03. The van der Waals surface area contributed by atoms with E-state index < -0.39 is 11.7 Å². The van der Waals surface area contributed by atoms with Gasteiger partial charge in [-0.2, -0.15) is 0 Å². The first-order chi connectivity index (χ1) is 4.21. The summed E-state index contributed by atoms with van der Waals surface area (Å²) < 4.78 is 21.1. The molecule has 0 aromatic carbocycles. The predicted molar refractivity (Wildman–Crippen MR) is 48.4 cm³/mol. The SMILES string of the molecule is O=P(Cl)(Cl)CCP(=O)(Cl)Cl. The Balaban J connectivity index is 3.79. The van der Waals surface area contributed by atoms with Gasteiger partial charge < -0.3 is 0 Å². The molecule has 0 N–H and O–H groups in total. The Morgan fingerprint density at radius 2 is 1.00 bits per heavy atom. The van der Waals surface area contributed by atoms with Crippen molar-refractivity contribution in [3.8, 4) is 0 Å². The van der Waals surface area contributed by atoms with E-state index in [1.165, 1.54) is 0 Å². The Morgan fingerprint density at radius 1 is 0.800 bits per heavy atom. The maximum absolute atomic E-state index is 10.6. The average Bonchev–Trinajstić information content (AvgIpc) is 1.57. The molecular formula is C2H4Cl4O2P2. The van der Waals surface area contributed by atoms with Gasteiger partial charge in [-0.3, -0.25) is 9.13 Å².